The van der Waals surface area contributed by atoms with Crippen molar-refractivity contribution in [2.45, 2.75) is 6.54 Å². The van der Waals surface area contributed by atoms with Gasteiger partial charge in [0, 0.05) is 24.2 Å². The minimum absolute atomic E-state index is 0.0319. The van der Waals surface area contributed by atoms with Gasteiger partial charge in [-0.15, -0.1) is 0 Å². The first-order valence-corrected chi connectivity index (χ1v) is 4.57. The average molecular weight is 206 g/mol. The van der Waals surface area contributed by atoms with Gasteiger partial charge in [0.1, 0.15) is 5.52 Å². The van der Waals surface area contributed by atoms with Crippen LogP contribution in [0.15, 0.2) is 30.5 Å². The highest BCUT2D eigenvalue weighted by atomic mass is 16.6. The summed E-state index contributed by atoms with van der Waals surface area (Å²) < 4.78 is 1.69. The molecular formula is C10H10N2O3. The molecule has 2 rings (SSSR count). The van der Waals surface area contributed by atoms with E-state index in [9.17, 15) is 10.1 Å². The Labute approximate surface area is 85.7 Å². The van der Waals surface area contributed by atoms with Gasteiger partial charge in [-0.1, -0.05) is 12.1 Å². The first-order valence-electron chi connectivity index (χ1n) is 4.57. The highest BCUT2D eigenvalue weighted by molar-refractivity contribution is 5.88. The molecule has 0 aliphatic heterocycles. The lowest BCUT2D eigenvalue weighted by Crippen LogP contribution is -2.02. The summed E-state index contributed by atoms with van der Waals surface area (Å²) in [5, 5.41) is 20.5. The molecule has 1 aromatic carbocycles. The number of nitro benzene ring substituents is 1. The zero-order valence-corrected chi connectivity index (χ0v) is 7.96. The molecule has 0 aliphatic carbocycles. The molecule has 0 aliphatic rings. The molecule has 0 saturated carbocycles. The number of aliphatic hydroxyl groups excluding tert-OH is 1. The molecule has 0 unspecified atom stereocenters. The normalized spacial score (nSPS) is 10.7. The molecule has 5 heteroatoms. The Hall–Kier alpha value is -1.88. The minimum Gasteiger partial charge on any atom is -0.395 e. The Morgan fingerprint density at radius 2 is 2.20 bits per heavy atom. The molecule has 0 fully saturated rings. The quantitative estimate of drug-likeness (QED) is 0.611. The highest BCUT2D eigenvalue weighted by Crippen LogP contribution is 2.26. The van der Waals surface area contributed by atoms with E-state index in [-0.39, 0.29) is 12.3 Å². The van der Waals surface area contributed by atoms with E-state index in [0.717, 1.165) is 5.39 Å². The van der Waals surface area contributed by atoms with Crippen LogP contribution in [0, 0.1) is 10.1 Å². The lowest BCUT2D eigenvalue weighted by Gasteiger charge is -2.02. The number of hydrogen-bond donors (Lipinski definition) is 1. The maximum absolute atomic E-state index is 10.8. The molecule has 15 heavy (non-hydrogen) atoms. The van der Waals surface area contributed by atoms with Gasteiger partial charge in [-0.05, 0) is 6.07 Å². The van der Waals surface area contributed by atoms with Crippen LogP contribution in [0.1, 0.15) is 0 Å². The molecule has 0 radical (unpaired) electrons. The van der Waals surface area contributed by atoms with Gasteiger partial charge in [-0.3, -0.25) is 10.1 Å². The van der Waals surface area contributed by atoms with Crippen LogP contribution in [-0.4, -0.2) is 21.2 Å². The number of non-ortho nitro benzene ring substituents is 1. The maximum Gasteiger partial charge on any atom is 0.293 e. The number of nitro groups is 1. The molecule has 2 aromatic rings. The van der Waals surface area contributed by atoms with Crippen LogP contribution < -0.4 is 0 Å². The third-order valence-electron chi connectivity index (χ3n) is 2.30. The van der Waals surface area contributed by atoms with E-state index in [1.807, 2.05) is 6.07 Å². The van der Waals surface area contributed by atoms with E-state index >= 15 is 0 Å². The Morgan fingerprint density at radius 3 is 2.87 bits per heavy atom. The Morgan fingerprint density at radius 1 is 1.40 bits per heavy atom. The van der Waals surface area contributed by atoms with Gasteiger partial charge in [0.05, 0.1) is 11.5 Å². The number of benzene rings is 1. The Balaban J connectivity index is 2.69. The van der Waals surface area contributed by atoms with Gasteiger partial charge in [0.15, 0.2) is 0 Å². The van der Waals surface area contributed by atoms with Gasteiger partial charge >= 0.3 is 0 Å². The molecule has 1 aromatic heterocycles. The molecule has 0 saturated heterocycles. The van der Waals surface area contributed by atoms with Crippen molar-refractivity contribution in [1.29, 1.82) is 0 Å². The first-order chi connectivity index (χ1) is 7.24. The van der Waals surface area contributed by atoms with Gasteiger partial charge in [-0.2, -0.15) is 0 Å². The molecular weight excluding hydrogens is 196 g/mol. The van der Waals surface area contributed by atoms with Crippen molar-refractivity contribution < 1.29 is 10.0 Å². The molecule has 0 atom stereocenters. The van der Waals surface area contributed by atoms with Crippen molar-refractivity contribution >= 4 is 16.6 Å². The third kappa shape index (κ3) is 1.57. The Bertz CT molecular complexity index is 504. The standard InChI is InChI=1S/C10H10N2O3/c13-7-6-11-5-4-8-2-1-3-9(10(8)11)12(14)15/h1-5,13H,6-7H2. The summed E-state index contributed by atoms with van der Waals surface area (Å²) in [7, 11) is 0. The second kappa shape index (κ2) is 3.70. The van der Waals surface area contributed by atoms with Crippen LogP contribution in [0.3, 0.4) is 0 Å². The SMILES string of the molecule is O=[N+]([O-])c1cccc2ccn(CCO)c12. The summed E-state index contributed by atoms with van der Waals surface area (Å²) >= 11 is 0. The number of para-hydroxylation sites is 1. The predicted molar refractivity (Wildman–Crippen MR) is 55.7 cm³/mol. The van der Waals surface area contributed by atoms with Crippen molar-refractivity contribution in [2.24, 2.45) is 0 Å². The van der Waals surface area contributed by atoms with E-state index in [0.29, 0.717) is 12.1 Å². The van der Waals surface area contributed by atoms with Gasteiger partial charge < -0.3 is 9.67 Å². The van der Waals surface area contributed by atoms with Crippen molar-refractivity contribution in [3.63, 3.8) is 0 Å². The largest absolute Gasteiger partial charge is 0.395 e. The Kier molecular flexibility index (Phi) is 2.39. The number of aliphatic hydroxyl groups is 1. The number of fused-ring (bicyclic) bond motifs is 1. The van der Waals surface area contributed by atoms with Crippen LogP contribution in [0.25, 0.3) is 10.9 Å². The number of aromatic nitrogens is 1. The summed E-state index contributed by atoms with van der Waals surface area (Å²) in [6.07, 6.45) is 1.74. The van der Waals surface area contributed by atoms with Gasteiger partial charge in [0.2, 0.25) is 0 Å². The molecule has 5 nitrogen and oxygen atoms in total. The zero-order valence-electron chi connectivity index (χ0n) is 7.96. The topological polar surface area (TPSA) is 68.3 Å². The fourth-order valence-electron chi connectivity index (χ4n) is 1.68. The van der Waals surface area contributed by atoms with Crippen LogP contribution in [0.4, 0.5) is 5.69 Å². The van der Waals surface area contributed by atoms with Crippen molar-refractivity contribution in [2.75, 3.05) is 6.61 Å². The lowest BCUT2D eigenvalue weighted by atomic mass is 10.2. The second-order valence-electron chi connectivity index (χ2n) is 3.20. The highest BCUT2D eigenvalue weighted by Gasteiger charge is 2.14. The van der Waals surface area contributed by atoms with E-state index in [1.165, 1.54) is 6.07 Å². The van der Waals surface area contributed by atoms with E-state index in [4.69, 9.17) is 5.11 Å². The molecule has 0 amide bonds. The van der Waals surface area contributed by atoms with Gasteiger partial charge in [-0.25, -0.2) is 0 Å². The monoisotopic (exact) mass is 206 g/mol. The average Bonchev–Trinajstić information content (AvgIpc) is 2.62. The minimum atomic E-state index is -0.407. The summed E-state index contributed by atoms with van der Waals surface area (Å²) in [4.78, 5) is 10.4. The predicted octanol–water partition coefficient (Wildman–Crippen LogP) is 1.54. The molecule has 1 heterocycles. The number of rotatable bonds is 3. The number of nitrogens with zero attached hydrogens (tertiary/aromatic N) is 2. The van der Waals surface area contributed by atoms with Crippen molar-refractivity contribution in [3.8, 4) is 0 Å². The maximum atomic E-state index is 10.8. The summed E-state index contributed by atoms with van der Waals surface area (Å²) in [5.41, 5.74) is 0.641. The van der Waals surface area contributed by atoms with Crippen molar-refractivity contribution in [3.05, 3.63) is 40.6 Å². The first kappa shape index (κ1) is 9.67. The molecule has 0 bridgehead atoms. The summed E-state index contributed by atoms with van der Waals surface area (Å²) in [5.74, 6) is 0. The zero-order chi connectivity index (χ0) is 10.8. The van der Waals surface area contributed by atoms with E-state index < -0.39 is 4.92 Å². The number of hydrogen-bond acceptors (Lipinski definition) is 3. The van der Waals surface area contributed by atoms with Crippen LogP contribution in [0.2, 0.25) is 0 Å². The summed E-state index contributed by atoms with van der Waals surface area (Å²) in [6, 6.07) is 6.74. The van der Waals surface area contributed by atoms with Crippen LogP contribution >= 0.6 is 0 Å². The van der Waals surface area contributed by atoms with Crippen LogP contribution in [0.5, 0.6) is 0 Å². The third-order valence-corrected chi connectivity index (χ3v) is 2.30. The fraction of sp³-hybridized carbons (Fsp3) is 0.200. The fourth-order valence-corrected chi connectivity index (χ4v) is 1.68. The molecule has 0 spiro atoms. The second-order valence-corrected chi connectivity index (χ2v) is 3.20. The summed E-state index contributed by atoms with van der Waals surface area (Å²) in [6.45, 7) is 0.337. The smallest absolute Gasteiger partial charge is 0.293 e. The lowest BCUT2D eigenvalue weighted by molar-refractivity contribution is -0.383. The molecule has 78 valence electrons. The molecule has 1 N–H and O–H groups in total. The van der Waals surface area contributed by atoms with E-state index in [2.05, 4.69) is 0 Å². The van der Waals surface area contributed by atoms with Crippen molar-refractivity contribution in [1.82, 2.24) is 4.57 Å². The van der Waals surface area contributed by atoms with Crippen LogP contribution in [-0.2, 0) is 6.54 Å². The van der Waals surface area contributed by atoms with E-state index in [1.54, 1.807) is 22.9 Å². The van der Waals surface area contributed by atoms with Gasteiger partial charge in [0.25, 0.3) is 5.69 Å².